The summed E-state index contributed by atoms with van der Waals surface area (Å²) in [7, 11) is 0. The van der Waals surface area contributed by atoms with E-state index in [9.17, 15) is 9.59 Å². The highest BCUT2D eigenvalue weighted by atomic mass is 16.7. The first-order valence-corrected chi connectivity index (χ1v) is 9.80. The van der Waals surface area contributed by atoms with Crippen LogP contribution in [-0.2, 0) is 9.53 Å². The molecule has 0 atom stereocenters. The van der Waals surface area contributed by atoms with Crippen molar-refractivity contribution in [1.82, 2.24) is 0 Å². The van der Waals surface area contributed by atoms with E-state index < -0.39 is 24.3 Å². The Hall–Kier alpha value is -3.22. The molecule has 0 unspecified atom stereocenters. The van der Waals surface area contributed by atoms with Crippen molar-refractivity contribution in [3.8, 4) is 11.5 Å². The van der Waals surface area contributed by atoms with Crippen molar-refractivity contribution in [2.75, 3.05) is 17.7 Å². The van der Waals surface area contributed by atoms with Crippen LogP contribution in [0.3, 0.4) is 0 Å². The maximum absolute atomic E-state index is 12.2. The van der Waals surface area contributed by atoms with E-state index in [1.165, 1.54) is 6.42 Å². The van der Waals surface area contributed by atoms with Crippen molar-refractivity contribution >= 4 is 23.3 Å². The highest BCUT2D eigenvalue weighted by Crippen LogP contribution is 2.46. The number of anilines is 2. The van der Waals surface area contributed by atoms with E-state index >= 15 is 0 Å². The number of esters is 1. The van der Waals surface area contributed by atoms with Crippen LogP contribution in [0.2, 0.25) is 0 Å². The van der Waals surface area contributed by atoms with Gasteiger partial charge in [-0.05, 0) is 43.5 Å². The summed E-state index contributed by atoms with van der Waals surface area (Å²) in [6, 6.07) is 10.3. The maximum Gasteiger partial charge on any atom is 0.340 e. The van der Waals surface area contributed by atoms with Crippen LogP contribution in [0.15, 0.2) is 36.4 Å². The Morgan fingerprint density at radius 3 is 2.66 bits per heavy atom. The van der Waals surface area contributed by atoms with Crippen LogP contribution in [0.5, 0.6) is 11.5 Å². The van der Waals surface area contributed by atoms with Gasteiger partial charge in [-0.2, -0.15) is 0 Å². The standard InChI is InChI=1S/C22H24N2O5/c1-14-6-5-7-16(20(14)23)21(26)27-13-19(25)24-15-8-9-17-18(12-15)29-22(28-17)10-3-2-4-11-22/h5-9,12H,2-4,10-11,13,23H2,1H3,(H,24,25). The third-order valence-corrected chi connectivity index (χ3v) is 5.31. The van der Waals surface area contributed by atoms with Crippen molar-refractivity contribution in [1.29, 1.82) is 0 Å². The van der Waals surface area contributed by atoms with E-state index in [4.69, 9.17) is 19.9 Å². The predicted octanol–water partition coefficient (Wildman–Crippen LogP) is 3.80. The van der Waals surface area contributed by atoms with Crippen LogP contribution < -0.4 is 20.5 Å². The maximum atomic E-state index is 12.2. The minimum Gasteiger partial charge on any atom is -0.452 e. The van der Waals surface area contributed by atoms with Gasteiger partial charge in [-0.3, -0.25) is 4.79 Å². The van der Waals surface area contributed by atoms with Crippen molar-refractivity contribution < 1.29 is 23.8 Å². The van der Waals surface area contributed by atoms with Gasteiger partial charge >= 0.3 is 5.97 Å². The van der Waals surface area contributed by atoms with E-state index in [2.05, 4.69) is 5.32 Å². The van der Waals surface area contributed by atoms with Crippen molar-refractivity contribution in [2.45, 2.75) is 44.8 Å². The number of hydrogen-bond donors (Lipinski definition) is 2. The monoisotopic (exact) mass is 396 g/mol. The van der Waals surface area contributed by atoms with Crippen molar-refractivity contribution in [2.24, 2.45) is 0 Å². The molecule has 29 heavy (non-hydrogen) atoms. The van der Waals surface area contributed by atoms with Crippen molar-refractivity contribution in [3.05, 3.63) is 47.5 Å². The summed E-state index contributed by atoms with van der Waals surface area (Å²) >= 11 is 0. The minimum absolute atomic E-state index is 0.249. The highest BCUT2D eigenvalue weighted by Gasteiger charge is 2.42. The lowest BCUT2D eigenvalue weighted by atomic mass is 9.94. The molecular formula is C22H24N2O5. The van der Waals surface area contributed by atoms with Crippen LogP contribution in [0, 0.1) is 6.92 Å². The second kappa shape index (κ2) is 7.66. The van der Waals surface area contributed by atoms with E-state index in [1.807, 2.05) is 0 Å². The Balaban J connectivity index is 1.35. The van der Waals surface area contributed by atoms with Crippen LogP contribution in [0.4, 0.5) is 11.4 Å². The quantitative estimate of drug-likeness (QED) is 0.602. The molecule has 3 N–H and O–H groups in total. The summed E-state index contributed by atoms with van der Waals surface area (Å²) in [4.78, 5) is 24.4. The zero-order valence-corrected chi connectivity index (χ0v) is 16.3. The number of hydrogen-bond acceptors (Lipinski definition) is 6. The molecule has 1 aliphatic carbocycles. The molecule has 7 heteroatoms. The molecular weight excluding hydrogens is 372 g/mol. The number of aryl methyl sites for hydroxylation is 1. The first-order valence-electron chi connectivity index (χ1n) is 9.80. The number of carbonyl (C=O) groups excluding carboxylic acids is 2. The molecule has 1 saturated carbocycles. The molecule has 7 nitrogen and oxygen atoms in total. The van der Waals surface area contributed by atoms with Gasteiger partial charge in [-0.1, -0.05) is 18.6 Å². The Labute approximate surface area is 169 Å². The third-order valence-electron chi connectivity index (χ3n) is 5.31. The van der Waals surface area contributed by atoms with Gasteiger partial charge in [0.2, 0.25) is 0 Å². The van der Waals surface area contributed by atoms with E-state index in [1.54, 1.807) is 43.3 Å². The van der Waals surface area contributed by atoms with E-state index in [0.717, 1.165) is 31.2 Å². The lowest BCUT2D eigenvalue weighted by molar-refractivity contribution is -0.119. The highest BCUT2D eigenvalue weighted by molar-refractivity contribution is 5.98. The van der Waals surface area contributed by atoms with Gasteiger partial charge in [0.1, 0.15) is 0 Å². The van der Waals surface area contributed by atoms with Crippen LogP contribution >= 0.6 is 0 Å². The lowest BCUT2D eigenvalue weighted by Crippen LogP contribution is -2.40. The van der Waals surface area contributed by atoms with Gasteiger partial charge in [0.05, 0.1) is 5.56 Å². The first-order chi connectivity index (χ1) is 14.0. The molecule has 1 aliphatic heterocycles. The fraction of sp³-hybridized carbons (Fsp3) is 0.364. The summed E-state index contributed by atoms with van der Waals surface area (Å²) < 4.78 is 17.2. The molecule has 2 aromatic rings. The molecule has 4 rings (SSSR count). The number of nitrogen functional groups attached to an aromatic ring is 1. The summed E-state index contributed by atoms with van der Waals surface area (Å²) in [5.74, 6) is -0.338. The summed E-state index contributed by atoms with van der Waals surface area (Å²) in [6.07, 6.45) is 5.07. The number of amides is 1. The van der Waals surface area contributed by atoms with Gasteiger partial charge in [0, 0.05) is 30.3 Å². The molecule has 0 aromatic heterocycles. The largest absolute Gasteiger partial charge is 0.452 e. The molecule has 2 aliphatic rings. The Morgan fingerprint density at radius 1 is 1.10 bits per heavy atom. The fourth-order valence-electron chi connectivity index (χ4n) is 3.73. The lowest BCUT2D eigenvalue weighted by Gasteiger charge is -2.31. The van der Waals surface area contributed by atoms with Gasteiger partial charge < -0.3 is 25.3 Å². The van der Waals surface area contributed by atoms with Gasteiger partial charge in [-0.15, -0.1) is 0 Å². The topological polar surface area (TPSA) is 99.9 Å². The van der Waals surface area contributed by atoms with Gasteiger partial charge in [0.15, 0.2) is 18.1 Å². The van der Waals surface area contributed by atoms with Crippen LogP contribution in [-0.4, -0.2) is 24.3 Å². The number of ether oxygens (including phenoxy) is 3. The smallest absolute Gasteiger partial charge is 0.340 e. The molecule has 0 radical (unpaired) electrons. The number of benzene rings is 2. The molecule has 0 bridgehead atoms. The number of fused-ring (bicyclic) bond motifs is 1. The number of carbonyl (C=O) groups is 2. The van der Waals surface area contributed by atoms with Crippen LogP contribution in [0.25, 0.3) is 0 Å². The van der Waals surface area contributed by atoms with Crippen molar-refractivity contribution in [3.63, 3.8) is 0 Å². The first kappa shape index (κ1) is 19.1. The van der Waals surface area contributed by atoms with Gasteiger partial charge in [0.25, 0.3) is 11.7 Å². The van der Waals surface area contributed by atoms with Gasteiger partial charge in [-0.25, -0.2) is 4.79 Å². The molecule has 0 saturated heterocycles. The third kappa shape index (κ3) is 3.99. The second-order valence-corrected chi connectivity index (χ2v) is 7.50. The average molecular weight is 396 g/mol. The van der Waals surface area contributed by atoms with Crippen LogP contribution in [0.1, 0.15) is 48.0 Å². The molecule has 1 fully saturated rings. The zero-order chi connectivity index (χ0) is 20.4. The zero-order valence-electron chi connectivity index (χ0n) is 16.3. The normalized spacial score (nSPS) is 16.4. The molecule has 1 spiro atoms. The summed E-state index contributed by atoms with van der Waals surface area (Å²) in [5.41, 5.74) is 7.83. The number of nitrogens with one attached hydrogen (secondary N) is 1. The Bertz CT molecular complexity index is 950. The fourth-order valence-corrected chi connectivity index (χ4v) is 3.73. The Kier molecular flexibility index (Phi) is 5.05. The minimum atomic E-state index is -0.633. The molecule has 1 amide bonds. The predicted molar refractivity (Wildman–Crippen MR) is 108 cm³/mol. The average Bonchev–Trinajstić information content (AvgIpc) is 3.05. The number of nitrogens with two attached hydrogens (primary N) is 1. The molecule has 2 aromatic carbocycles. The van der Waals surface area contributed by atoms with E-state index in [-0.39, 0.29) is 5.56 Å². The number of para-hydroxylation sites is 1. The number of rotatable bonds is 4. The summed E-state index contributed by atoms with van der Waals surface area (Å²) in [5, 5.41) is 2.71. The Morgan fingerprint density at radius 2 is 1.86 bits per heavy atom. The SMILES string of the molecule is Cc1cccc(C(=O)OCC(=O)Nc2ccc3c(c2)OC2(CCCCC2)O3)c1N. The second-order valence-electron chi connectivity index (χ2n) is 7.50. The van der Waals surface area contributed by atoms with E-state index in [0.29, 0.717) is 22.9 Å². The summed E-state index contributed by atoms with van der Waals surface area (Å²) in [6.45, 7) is 1.39. The molecule has 152 valence electrons. The molecule has 1 heterocycles.